The zero-order chi connectivity index (χ0) is 37.5. The van der Waals surface area contributed by atoms with Gasteiger partial charge in [0.2, 0.25) is 0 Å². The van der Waals surface area contributed by atoms with E-state index in [4.69, 9.17) is 15.0 Å². The van der Waals surface area contributed by atoms with Crippen molar-refractivity contribution in [3.8, 4) is 56.4 Å². The first-order valence-electron chi connectivity index (χ1n) is 18.9. The Hall–Kier alpha value is -6.57. The molecule has 0 saturated heterocycles. The fourth-order valence-corrected chi connectivity index (χ4v) is 11.8. The van der Waals surface area contributed by atoms with Crippen molar-refractivity contribution in [3.63, 3.8) is 0 Å². The van der Waals surface area contributed by atoms with E-state index in [0.717, 1.165) is 16.7 Å². The Morgan fingerprint density at radius 3 is 1.58 bits per heavy atom. The molecule has 0 aliphatic rings. The highest BCUT2D eigenvalue weighted by molar-refractivity contribution is 7.27. The predicted octanol–water partition coefficient (Wildman–Crippen LogP) is 15.3. The van der Waals surface area contributed by atoms with E-state index in [1.54, 1.807) is 0 Å². The van der Waals surface area contributed by atoms with Crippen LogP contribution in [0.15, 0.2) is 176 Å². The minimum Gasteiger partial charge on any atom is -0.208 e. The van der Waals surface area contributed by atoms with Crippen LogP contribution in [-0.2, 0) is 0 Å². The Bertz CT molecular complexity index is 3470. The lowest BCUT2D eigenvalue weighted by Crippen LogP contribution is -2.00. The molecule has 0 aliphatic heterocycles. The molecule has 0 unspecified atom stereocenters. The molecular weight excluding hydrogens is 751 g/mol. The maximum atomic E-state index is 5.10. The molecule has 8 aromatic carbocycles. The van der Waals surface area contributed by atoms with E-state index in [1.165, 1.54) is 82.8 Å². The molecule has 0 radical (unpaired) electrons. The molecule has 12 rings (SSSR count). The molecule has 0 aliphatic carbocycles. The van der Waals surface area contributed by atoms with Crippen LogP contribution in [-0.4, -0.2) is 15.0 Å². The zero-order valence-corrected chi connectivity index (χ0v) is 32.8. The number of nitrogens with zero attached hydrogens (tertiary/aromatic N) is 3. The largest absolute Gasteiger partial charge is 0.208 e. The highest BCUT2D eigenvalue weighted by Gasteiger charge is 2.19. The number of rotatable bonds is 5. The van der Waals surface area contributed by atoms with Crippen molar-refractivity contribution >= 4 is 94.5 Å². The van der Waals surface area contributed by atoms with Crippen LogP contribution in [0.3, 0.4) is 0 Å². The summed E-state index contributed by atoms with van der Waals surface area (Å²) < 4.78 is 7.73. The number of aromatic nitrogens is 3. The van der Waals surface area contributed by atoms with E-state index in [1.807, 2.05) is 70.4 Å². The summed E-state index contributed by atoms with van der Waals surface area (Å²) in [5.41, 5.74) is 7.88. The van der Waals surface area contributed by atoms with Crippen molar-refractivity contribution in [2.45, 2.75) is 0 Å². The Kier molecular flexibility index (Phi) is 7.45. The second kappa shape index (κ2) is 13.0. The van der Waals surface area contributed by atoms with Crippen LogP contribution in [0, 0.1) is 0 Å². The van der Waals surface area contributed by atoms with Crippen LogP contribution in [0.5, 0.6) is 0 Å². The summed E-state index contributed by atoms with van der Waals surface area (Å²) >= 11 is 5.59. The van der Waals surface area contributed by atoms with Gasteiger partial charge in [0.1, 0.15) is 0 Å². The monoisotopic (exact) mass is 779 g/mol. The molecule has 4 heterocycles. The van der Waals surface area contributed by atoms with Crippen molar-refractivity contribution < 1.29 is 0 Å². The van der Waals surface area contributed by atoms with Gasteiger partial charge in [0.15, 0.2) is 17.5 Å². The normalized spacial score (nSPS) is 11.9. The third kappa shape index (κ3) is 5.41. The van der Waals surface area contributed by atoms with Gasteiger partial charge in [-0.2, -0.15) is 0 Å². The minimum absolute atomic E-state index is 0.664. The lowest BCUT2D eigenvalue weighted by Gasteiger charge is -2.10. The van der Waals surface area contributed by atoms with Crippen LogP contribution in [0.1, 0.15) is 0 Å². The lowest BCUT2D eigenvalue weighted by molar-refractivity contribution is 1.08. The SMILES string of the molecule is c1ccc(-c2nc(-c3ccccc3)nc(-c3cccc4sc5cc(-c6cc(-c7ccc8c(c7)sc7ccccc78)c7sc8ccccc8c7c6)ccc5c34)n2)cc1. The summed E-state index contributed by atoms with van der Waals surface area (Å²) in [4.78, 5) is 15.2. The van der Waals surface area contributed by atoms with Gasteiger partial charge in [-0.25, -0.2) is 15.0 Å². The smallest absolute Gasteiger partial charge is 0.164 e. The Balaban J connectivity index is 1.03. The zero-order valence-electron chi connectivity index (χ0n) is 30.3. The average Bonchev–Trinajstić information content (AvgIpc) is 3.97. The van der Waals surface area contributed by atoms with Crippen LogP contribution in [0.25, 0.3) is 117 Å². The molecule has 0 atom stereocenters. The minimum atomic E-state index is 0.664. The topological polar surface area (TPSA) is 38.7 Å². The highest BCUT2D eigenvalue weighted by Crippen LogP contribution is 2.46. The molecule has 3 nitrogen and oxygen atoms in total. The van der Waals surface area contributed by atoms with E-state index in [0.29, 0.717) is 17.5 Å². The number of benzene rings is 8. The first kappa shape index (κ1) is 32.7. The van der Waals surface area contributed by atoms with Crippen LogP contribution >= 0.6 is 34.0 Å². The van der Waals surface area contributed by atoms with Crippen molar-refractivity contribution in [1.82, 2.24) is 15.0 Å². The van der Waals surface area contributed by atoms with Gasteiger partial charge in [0, 0.05) is 82.8 Å². The van der Waals surface area contributed by atoms with Gasteiger partial charge in [-0.1, -0.05) is 133 Å². The van der Waals surface area contributed by atoms with Crippen molar-refractivity contribution in [2.24, 2.45) is 0 Å². The Morgan fingerprint density at radius 2 is 0.825 bits per heavy atom. The molecule has 0 fully saturated rings. The van der Waals surface area contributed by atoms with Crippen LogP contribution in [0.2, 0.25) is 0 Å². The van der Waals surface area contributed by atoms with Gasteiger partial charge in [0.25, 0.3) is 0 Å². The fraction of sp³-hybridized carbons (Fsp3) is 0. The molecule has 0 N–H and O–H groups in total. The highest BCUT2D eigenvalue weighted by atomic mass is 32.1. The average molecular weight is 780 g/mol. The van der Waals surface area contributed by atoms with Gasteiger partial charge in [-0.15, -0.1) is 34.0 Å². The Labute approximate surface area is 339 Å². The van der Waals surface area contributed by atoms with E-state index in [9.17, 15) is 0 Å². The molecule has 12 aromatic rings. The Morgan fingerprint density at radius 1 is 0.281 bits per heavy atom. The van der Waals surface area contributed by atoms with Crippen molar-refractivity contribution in [2.75, 3.05) is 0 Å². The summed E-state index contributed by atoms with van der Waals surface area (Å²) in [6.07, 6.45) is 0. The van der Waals surface area contributed by atoms with Crippen molar-refractivity contribution in [1.29, 1.82) is 0 Å². The maximum Gasteiger partial charge on any atom is 0.164 e. The summed E-state index contributed by atoms with van der Waals surface area (Å²) in [7, 11) is 0. The van der Waals surface area contributed by atoms with E-state index < -0.39 is 0 Å². The molecule has 0 bridgehead atoms. The second-order valence-electron chi connectivity index (χ2n) is 14.3. The van der Waals surface area contributed by atoms with Gasteiger partial charge >= 0.3 is 0 Å². The summed E-state index contributed by atoms with van der Waals surface area (Å²) in [6.45, 7) is 0. The summed E-state index contributed by atoms with van der Waals surface area (Å²) in [5, 5.41) is 7.63. The lowest BCUT2D eigenvalue weighted by atomic mass is 9.95. The van der Waals surface area contributed by atoms with E-state index >= 15 is 0 Å². The first-order chi connectivity index (χ1) is 28.2. The van der Waals surface area contributed by atoms with Gasteiger partial charge in [0.05, 0.1) is 0 Å². The van der Waals surface area contributed by atoms with E-state index in [-0.39, 0.29) is 0 Å². The fourth-order valence-electron chi connectivity index (χ4n) is 8.22. The second-order valence-corrected chi connectivity index (χ2v) is 17.6. The quantitative estimate of drug-likeness (QED) is 0.175. The standard InChI is InChI=1S/C51H29N3S3/c1-3-12-30(13-4-1)49-52-50(31-14-5-2-6-15-31)54-51(53-49)39-18-11-21-44-47(39)38-25-22-32(28-46(38)56-44)34-26-40(48-41(27-34)36-17-8-10-20-43(36)57-48)33-23-24-37-35-16-7-9-19-42(35)55-45(37)29-33/h1-29H. The molecule has 0 saturated carbocycles. The molecule has 57 heavy (non-hydrogen) atoms. The number of hydrogen-bond donors (Lipinski definition) is 0. The summed E-state index contributed by atoms with van der Waals surface area (Å²) in [5.74, 6) is 2.00. The van der Waals surface area contributed by atoms with Crippen LogP contribution in [0.4, 0.5) is 0 Å². The van der Waals surface area contributed by atoms with Gasteiger partial charge < -0.3 is 0 Å². The molecule has 0 spiro atoms. The third-order valence-electron chi connectivity index (χ3n) is 10.9. The summed E-state index contributed by atoms with van der Waals surface area (Å²) in [6, 6.07) is 63.2. The van der Waals surface area contributed by atoms with E-state index in [2.05, 4.69) is 140 Å². The molecule has 0 amide bonds. The molecular formula is C51H29N3S3. The number of fused-ring (bicyclic) bond motifs is 9. The van der Waals surface area contributed by atoms with Crippen molar-refractivity contribution in [3.05, 3.63) is 176 Å². The maximum absolute atomic E-state index is 5.10. The molecule has 266 valence electrons. The number of thiophene rings is 3. The molecule has 6 heteroatoms. The predicted molar refractivity (Wildman–Crippen MR) is 246 cm³/mol. The van der Waals surface area contributed by atoms with Crippen LogP contribution < -0.4 is 0 Å². The molecule has 4 aromatic heterocycles. The van der Waals surface area contributed by atoms with Gasteiger partial charge in [-0.05, 0) is 59.2 Å². The van der Waals surface area contributed by atoms with Gasteiger partial charge in [-0.3, -0.25) is 0 Å². The third-order valence-corrected chi connectivity index (χ3v) is 14.4. The number of hydrogen-bond acceptors (Lipinski definition) is 6. The first-order valence-corrected chi connectivity index (χ1v) is 21.4.